The molecule has 4 rings (SSSR count). The van der Waals surface area contributed by atoms with Crippen LogP contribution in [0.25, 0.3) is 11.5 Å². The quantitative estimate of drug-likeness (QED) is 0.697. The maximum absolute atomic E-state index is 5.88. The average molecular weight is 352 g/mol. The molecule has 0 radical (unpaired) electrons. The molecule has 0 aliphatic heterocycles. The van der Waals surface area contributed by atoms with Crippen molar-refractivity contribution in [3.8, 4) is 11.5 Å². The van der Waals surface area contributed by atoms with Gasteiger partial charge < -0.3 is 20.9 Å². The van der Waals surface area contributed by atoms with Gasteiger partial charge in [0.25, 0.3) is 0 Å². The molecule has 134 valence electrons. The average Bonchev–Trinajstić information content (AvgIpc) is 3.07. The number of nitrogens with zero attached hydrogens (tertiary/aromatic N) is 6. The third-order valence-electron chi connectivity index (χ3n) is 4.47. The van der Waals surface area contributed by atoms with Gasteiger partial charge in [0.2, 0.25) is 17.7 Å². The highest BCUT2D eigenvalue weighted by atomic mass is 16.5. The number of pyridine rings is 1. The first kappa shape index (κ1) is 16.4. The van der Waals surface area contributed by atoms with E-state index >= 15 is 0 Å². The van der Waals surface area contributed by atoms with E-state index in [0.29, 0.717) is 35.7 Å². The topological polar surface area (TPSA) is 133 Å². The molecular weight excluding hydrogens is 332 g/mol. The molecule has 9 nitrogen and oxygen atoms in total. The van der Waals surface area contributed by atoms with Gasteiger partial charge in [-0.15, -0.1) is 0 Å². The molecule has 3 aromatic rings. The molecule has 0 saturated heterocycles. The Kier molecular flexibility index (Phi) is 4.21. The summed E-state index contributed by atoms with van der Waals surface area (Å²) in [7, 11) is 1.89. The van der Waals surface area contributed by atoms with E-state index in [2.05, 4.69) is 25.1 Å². The SMILES string of the molecule is CN(Cc1nc(-c2ccccn2)no1)c1cc(C2CC(N)C2)nc(N)n1. The van der Waals surface area contributed by atoms with Gasteiger partial charge in [0, 0.05) is 31.3 Å². The maximum Gasteiger partial charge on any atom is 0.246 e. The summed E-state index contributed by atoms with van der Waals surface area (Å²) in [4.78, 5) is 19.2. The van der Waals surface area contributed by atoms with Crippen molar-refractivity contribution in [2.24, 2.45) is 5.73 Å². The zero-order valence-corrected chi connectivity index (χ0v) is 14.4. The lowest BCUT2D eigenvalue weighted by Crippen LogP contribution is -2.35. The Balaban J connectivity index is 1.50. The van der Waals surface area contributed by atoms with Crippen LogP contribution in [-0.4, -0.2) is 38.2 Å². The first-order chi connectivity index (χ1) is 12.6. The minimum atomic E-state index is 0.251. The number of hydrogen-bond donors (Lipinski definition) is 2. The normalized spacial score (nSPS) is 19.2. The lowest BCUT2D eigenvalue weighted by Gasteiger charge is -2.32. The molecule has 3 aromatic heterocycles. The summed E-state index contributed by atoms with van der Waals surface area (Å²) in [5.74, 6) is 2.24. The second-order valence-corrected chi connectivity index (χ2v) is 6.52. The van der Waals surface area contributed by atoms with Crippen LogP contribution in [0.5, 0.6) is 0 Å². The van der Waals surface area contributed by atoms with Gasteiger partial charge in [-0.25, -0.2) is 4.98 Å². The van der Waals surface area contributed by atoms with Crippen LogP contribution in [0.3, 0.4) is 0 Å². The molecule has 3 heterocycles. The van der Waals surface area contributed by atoms with Gasteiger partial charge in [-0.05, 0) is 25.0 Å². The van der Waals surface area contributed by atoms with Crippen molar-refractivity contribution in [3.05, 3.63) is 42.0 Å². The van der Waals surface area contributed by atoms with Gasteiger partial charge in [0.1, 0.15) is 11.5 Å². The van der Waals surface area contributed by atoms with E-state index in [0.717, 1.165) is 18.5 Å². The van der Waals surface area contributed by atoms with Crippen molar-refractivity contribution in [2.45, 2.75) is 31.3 Å². The molecule has 9 heteroatoms. The Labute approximate surface area is 150 Å². The van der Waals surface area contributed by atoms with Crippen molar-refractivity contribution in [1.29, 1.82) is 0 Å². The van der Waals surface area contributed by atoms with Gasteiger partial charge in [-0.2, -0.15) is 9.97 Å². The van der Waals surface area contributed by atoms with Gasteiger partial charge in [0.05, 0.1) is 12.2 Å². The van der Waals surface area contributed by atoms with Crippen molar-refractivity contribution >= 4 is 11.8 Å². The van der Waals surface area contributed by atoms with Crippen LogP contribution < -0.4 is 16.4 Å². The number of rotatable bonds is 5. The van der Waals surface area contributed by atoms with Crippen molar-refractivity contribution in [2.75, 3.05) is 17.7 Å². The molecule has 1 saturated carbocycles. The first-order valence-electron chi connectivity index (χ1n) is 8.43. The summed E-state index contributed by atoms with van der Waals surface area (Å²) in [6.07, 6.45) is 3.54. The van der Waals surface area contributed by atoms with E-state index in [9.17, 15) is 0 Å². The second kappa shape index (κ2) is 6.68. The van der Waals surface area contributed by atoms with Crippen LogP contribution in [0.2, 0.25) is 0 Å². The van der Waals surface area contributed by atoms with Crippen LogP contribution in [0, 0.1) is 0 Å². The monoisotopic (exact) mass is 352 g/mol. The van der Waals surface area contributed by atoms with Crippen LogP contribution >= 0.6 is 0 Å². The summed E-state index contributed by atoms with van der Waals surface area (Å²) in [6, 6.07) is 7.75. The van der Waals surface area contributed by atoms with E-state index in [1.54, 1.807) is 6.20 Å². The molecular formula is C17H20N8O. The Hall–Kier alpha value is -3.07. The number of anilines is 2. The predicted molar refractivity (Wildman–Crippen MR) is 96.0 cm³/mol. The minimum Gasteiger partial charge on any atom is -0.368 e. The van der Waals surface area contributed by atoms with E-state index in [4.69, 9.17) is 16.0 Å². The van der Waals surface area contributed by atoms with E-state index in [1.807, 2.05) is 36.2 Å². The Morgan fingerprint density at radius 3 is 2.81 bits per heavy atom. The largest absolute Gasteiger partial charge is 0.368 e. The van der Waals surface area contributed by atoms with Crippen molar-refractivity contribution < 1.29 is 4.52 Å². The summed E-state index contributed by atoms with van der Waals surface area (Å²) in [6.45, 7) is 0.403. The van der Waals surface area contributed by atoms with Crippen LogP contribution in [0.4, 0.5) is 11.8 Å². The van der Waals surface area contributed by atoms with Crippen LogP contribution in [0.1, 0.15) is 30.3 Å². The number of hydrogen-bond acceptors (Lipinski definition) is 9. The van der Waals surface area contributed by atoms with E-state index in [1.165, 1.54) is 0 Å². The smallest absolute Gasteiger partial charge is 0.246 e. The molecule has 1 aliphatic carbocycles. The summed E-state index contributed by atoms with van der Waals surface area (Å²) < 4.78 is 5.33. The Bertz CT molecular complexity index is 891. The minimum absolute atomic E-state index is 0.251. The summed E-state index contributed by atoms with van der Waals surface area (Å²) >= 11 is 0. The Morgan fingerprint density at radius 2 is 2.08 bits per heavy atom. The van der Waals surface area contributed by atoms with Gasteiger partial charge in [-0.1, -0.05) is 11.2 Å². The van der Waals surface area contributed by atoms with Gasteiger partial charge in [0.15, 0.2) is 0 Å². The van der Waals surface area contributed by atoms with Crippen molar-refractivity contribution in [3.63, 3.8) is 0 Å². The molecule has 0 atom stereocenters. The number of nitrogens with two attached hydrogens (primary N) is 2. The highest BCUT2D eigenvalue weighted by Crippen LogP contribution is 2.35. The third kappa shape index (κ3) is 3.33. The third-order valence-corrected chi connectivity index (χ3v) is 4.47. The second-order valence-electron chi connectivity index (χ2n) is 6.52. The fraction of sp³-hybridized carbons (Fsp3) is 0.353. The molecule has 26 heavy (non-hydrogen) atoms. The fourth-order valence-corrected chi connectivity index (χ4v) is 2.98. The Morgan fingerprint density at radius 1 is 1.23 bits per heavy atom. The van der Waals surface area contributed by atoms with Crippen LogP contribution in [0.15, 0.2) is 35.0 Å². The molecule has 1 aliphatic rings. The molecule has 0 unspecified atom stereocenters. The number of aromatic nitrogens is 5. The molecule has 0 amide bonds. The zero-order valence-electron chi connectivity index (χ0n) is 14.4. The highest BCUT2D eigenvalue weighted by Gasteiger charge is 2.29. The first-order valence-corrected chi connectivity index (χ1v) is 8.43. The van der Waals surface area contributed by atoms with Crippen molar-refractivity contribution in [1.82, 2.24) is 25.1 Å². The standard InChI is InChI=1S/C17H20N8O/c1-25(9-15-23-16(24-26-15)12-4-2-3-5-20-12)14-8-13(21-17(19)22-14)10-6-11(18)7-10/h2-5,8,10-11H,6-7,9,18H2,1H3,(H2,19,21,22). The molecule has 0 bridgehead atoms. The highest BCUT2D eigenvalue weighted by molar-refractivity contribution is 5.48. The van der Waals surface area contributed by atoms with Crippen LogP contribution in [-0.2, 0) is 6.54 Å². The molecule has 1 fully saturated rings. The predicted octanol–water partition coefficient (Wildman–Crippen LogP) is 1.34. The fourth-order valence-electron chi connectivity index (χ4n) is 2.98. The van der Waals surface area contributed by atoms with Gasteiger partial charge >= 0.3 is 0 Å². The molecule has 0 spiro atoms. The summed E-state index contributed by atoms with van der Waals surface area (Å²) in [5, 5.41) is 3.98. The molecule has 0 aromatic carbocycles. The lowest BCUT2D eigenvalue weighted by atomic mass is 9.78. The summed E-state index contributed by atoms with van der Waals surface area (Å²) in [5.41, 5.74) is 13.4. The maximum atomic E-state index is 5.88. The van der Waals surface area contributed by atoms with E-state index < -0.39 is 0 Å². The molecule has 4 N–H and O–H groups in total. The zero-order chi connectivity index (χ0) is 18.1. The lowest BCUT2D eigenvalue weighted by molar-refractivity contribution is 0.345. The van der Waals surface area contributed by atoms with E-state index in [-0.39, 0.29) is 12.0 Å². The number of nitrogen functional groups attached to an aromatic ring is 1. The van der Waals surface area contributed by atoms with Gasteiger partial charge in [-0.3, -0.25) is 4.98 Å².